The van der Waals surface area contributed by atoms with Crippen molar-refractivity contribution in [3.63, 3.8) is 0 Å². The van der Waals surface area contributed by atoms with E-state index in [4.69, 9.17) is 16.4 Å². The van der Waals surface area contributed by atoms with Crippen molar-refractivity contribution >= 4 is 34.1 Å². The molecule has 4 nitrogen and oxygen atoms in total. The Hall–Kier alpha value is -2.46. The van der Waals surface area contributed by atoms with Crippen molar-refractivity contribution in [3.8, 4) is 0 Å². The molecule has 0 spiro atoms. The number of carbonyl (C=O) groups excluding carboxylic acids is 1. The maximum Gasteiger partial charge on any atom is 0.228 e. The highest BCUT2D eigenvalue weighted by Crippen LogP contribution is 2.23. The molecule has 0 saturated carbocycles. The highest BCUT2D eigenvalue weighted by atomic mass is 35.5. The Bertz CT molecular complexity index is 826. The summed E-state index contributed by atoms with van der Waals surface area (Å²) in [5, 5.41) is 4.35. The fourth-order valence-corrected chi connectivity index (χ4v) is 2.62. The number of nitrogens with zero attached hydrogens (tertiary/aromatic N) is 1. The molecule has 1 heterocycles. The Morgan fingerprint density at radius 1 is 1.18 bits per heavy atom. The minimum atomic E-state index is -0.118. The number of halogens is 1. The molecule has 5 heteroatoms. The smallest absolute Gasteiger partial charge is 0.228 e. The Labute approximate surface area is 133 Å². The van der Waals surface area contributed by atoms with Crippen molar-refractivity contribution in [2.75, 3.05) is 12.4 Å². The van der Waals surface area contributed by atoms with Crippen molar-refractivity contribution < 1.29 is 9.63 Å². The van der Waals surface area contributed by atoms with E-state index in [9.17, 15) is 4.79 Å². The molecule has 0 atom stereocenters. The average molecular weight is 315 g/mol. The van der Waals surface area contributed by atoms with Gasteiger partial charge in [-0.05, 0) is 23.8 Å². The molecule has 0 aliphatic rings. The first kappa shape index (κ1) is 14.5. The van der Waals surface area contributed by atoms with Crippen LogP contribution in [-0.2, 0) is 11.2 Å². The summed E-state index contributed by atoms with van der Waals surface area (Å²) in [6.45, 7) is 0. The number of amides is 1. The number of aromatic nitrogens is 1. The van der Waals surface area contributed by atoms with Crippen molar-refractivity contribution in [2.45, 2.75) is 6.42 Å². The Morgan fingerprint density at radius 2 is 1.91 bits per heavy atom. The zero-order valence-corrected chi connectivity index (χ0v) is 12.8. The molecule has 1 N–H and O–H groups in total. The van der Waals surface area contributed by atoms with Gasteiger partial charge in [0.05, 0.1) is 22.6 Å². The van der Waals surface area contributed by atoms with Gasteiger partial charge in [-0.2, -0.15) is 4.73 Å². The van der Waals surface area contributed by atoms with Crippen LogP contribution in [0.1, 0.15) is 5.56 Å². The summed E-state index contributed by atoms with van der Waals surface area (Å²) < 4.78 is 1.66. The Balaban J connectivity index is 1.84. The number of benzene rings is 2. The summed E-state index contributed by atoms with van der Waals surface area (Å²) in [7, 11) is 1.60. The lowest BCUT2D eigenvalue weighted by molar-refractivity contribution is -0.115. The SMILES string of the molecule is COn1cc(CC(=O)Nc2ccccc2Cl)c2ccccc21. The van der Waals surface area contributed by atoms with E-state index in [1.807, 2.05) is 42.6 Å². The highest BCUT2D eigenvalue weighted by Gasteiger charge is 2.13. The zero-order valence-electron chi connectivity index (χ0n) is 12.0. The molecule has 0 radical (unpaired) electrons. The number of hydrogen-bond donors (Lipinski definition) is 1. The molecule has 0 saturated heterocycles. The monoisotopic (exact) mass is 314 g/mol. The molecule has 0 unspecified atom stereocenters. The van der Waals surface area contributed by atoms with Crippen LogP contribution < -0.4 is 10.2 Å². The van der Waals surface area contributed by atoms with Crippen LogP contribution in [0.15, 0.2) is 54.7 Å². The molecule has 0 aliphatic carbocycles. The van der Waals surface area contributed by atoms with Crippen LogP contribution in [0.4, 0.5) is 5.69 Å². The molecule has 1 amide bonds. The van der Waals surface area contributed by atoms with Gasteiger partial charge in [0.2, 0.25) is 5.91 Å². The molecule has 0 fully saturated rings. The molecule has 0 aliphatic heterocycles. The Kier molecular flexibility index (Phi) is 4.02. The average Bonchev–Trinajstić information content (AvgIpc) is 2.88. The van der Waals surface area contributed by atoms with E-state index in [1.54, 1.807) is 24.0 Å². The van der Waals surface area contributed by atoms with E-state index in [0.717, 1.165) is 16.5 Å². The number of rotatable bonds is 4. The fraction of sp³-hybridized carbons (Fsp3) is 0.118. The maximum atomic E-state index is 12.3. The van der Waals surface area contributed by atoms with E-state index in [2.05, 4.69) is 5.32 Å². The van der Waals surface area contributed by atoms with Crippen LogP contribution in [0.5, 0.6) is 0 Å². The van der Waals surface area contributed by atoms with E-state index < -0.39 is 0 Å². The lowest BCUT2D eigenvalue weighted by Crippen LogP contribution is -2.14. The third kappa shape index (κ3) is 2.78. The molecule has 2 aromatic carbocycles. The summed E-state index contributed by atoms with van der Waals surface area (Å²) in [5.41, 5.74) is 2.46. The first-order chi connectivity index (χ1) is 10.7. The minimum Gasteiger partial charge on any atom is -0.417 e. The van der Waals surface area contributed by atoms with Gasteiger partial charge in [-0.15, -0.1) is 0 Å². The molecular weight excluding hydrogens is 300 g/mol. The predicted octanol–water partition coefficient (Wildman–Crippen LogP) is 3.53. The Morgan fingerprint density at radius 3 is 2.68 bits per heavy atom. The lowest BCUT2D eigenvalue weighted by atomic mass is 10.1. The van der Waals surface area contributed by atoms with Crippen LogP contribution in [0, 0.1) is 0 Å². The van der Waals surface area contributed by atoms with Gasteiger partial charge in [-0.25, -0.2) is 0 Å². The number of nitrogens with one attached hydrogen (secondary N) is 1. The van der Waals surface area contributed by atoms with Gasteiger partial charge in [-0.1, -0.05) is 41.9 Å². The number of fused-ring (bicyclic) bond motifs is 1. The minimum absolute atomic E-state index is 0.118. The first-order valence-corrected chi connectivity index (χ1v) is 7.24. The van der Waals surface area contributed by atoms with E-state index in [0.29, 0.717) is 10.7 Å². The topological polar surface area (TPSA) is 43.3 Å². The summed E-state index contributed by atoms with van der Waals surface area (Å²) in [6, 6.07) is 15.0. The van der Waals surface area contributed by atoms with Crippen molar-refractivity contribution in [3.05, 3.63) is 65.3 Å². The largest absolute Gasteiger partial charge is 0.417 e. The van der Waals surface area contributed by atoms with Crippen LogP contribution in [0.3, 0.4) is 0 Å². The summed E-state index contributed by atoms with van der Waals surface area (Å²) in [5.74, 6) is -0.118. The standard InChI is InChI=1S/C17H15ClN2O2/c1-22-20-11-12(13-6-2-5-9-16(13)20)10-17(21)19-15-8-4-3-7-14(15)18/h2-9,11H,10H2,1H3,(H,19,21). The van der Waals surface area contributed by atoms with Gasteiger partial charge in [-0.3, -0.25) is 4.79 Å². The van der Waals surface area contributed by atoms with Gasteiger partial charge in [0, 0.05) is 11.6 Å². The van der Waals surface area contributed by atoms with E-state index in [1.165, 1.54) is 0 Å². The van der Waals surface area contributed by atoms with Gasteiger partial charge < -0.3 is 10.2 Å². The van der Waals surface area contributed by atoms with E-state index >= 15 is 0 Å². The van der Waals surface area contributed by atoms with Crippen LogP contribution in [-0.4, -0.2) is 17.7 Å². The second-order valence-electron chi connectivity index (χ2n) is 4.88. The molecular formula is C17H15ClN2O2. The van der Waals surface area contributed by atoms with Crippen LogP contribution in [0.25, 0.3) is 10.9 Å². The second-order valence-corrected chi connectivity index (χ2v) is 5.29. The van der Waals surface area contributed by atoms with E-state index in [-0.39, 0.29) is 12.3 Å². The third-order valence-corrected chi connectivity index (χ3v) is 3.79. The normalized spacial score (nSPS) is 10.6. The van der Waals surface area contributed by atoms with Crippen LogP contribution in [0.2, 0.25) is 5.02 Å². The van der Waals surface area contributed by atoms with Crippen molar-refractivity contribution in [1.82, 2.24) is 4.73 Å². The predicted molar refractivity (Wildman–Crippen MR) is 88.2 cm³/mol. The zero-order chi connectivity index (χ0) is 15.5. The summed E-state index contributed by atoms with van der Waals surface area (Å²) >= 11 is 6.05. The van der Waals surface area contributed by atoms with Crippen molar-refractivity contribution in [2.24, 2.45) is 0 Å². The molecule has 1 aromatic heterocycles. The van der Waals surface area contributed by atoms with Gasteiger partial charge >= 0.3 is 0 Å². The number of carbonyl (C=O) groups is 1. The summed E-state index contributed by atoms with van der Waals surface area (Å²) in [6.07, 6.45) is 2.08. The van der Waals surface area contributed by atoms with Gasteiger partial charge in [0.15, 0.2) is 0 Å². The van der Waals surface area contributed by atoms with Crippen LogP contribution >= 0.6 is 11.6 Å². The molecule has 3 aromatic rings. The van der Waals surface area contributed by atoms with Gasteiger partial charge in [0.25, 0.3) is 0 Å². The number of hydrogen-bond acceptors (Lipinski definition) is 2. The second kappa shape index (κ2) is 6.12. The quantitative estimate of drug-likeness (QED) is 0.800. The molecule has 3 rings (SSSR count). The maximum absolute atomic E-state index is 12.3. The summed E-state index contributed by atoms with van der Waals surface area (Å²) in [4.78, 5) is 17.5. The first-order valence-electron chi connectivity index (χ1n) is 6.87. The fourth-order valence-electron chi connectivity index (χ4n) is 2.44. The molecule has 0 bridgehead atoms. The molecule has 112 valence electrons. The number of anilines is 1. The third-order valence-electron chi connectivity index (χ3n) is 3.46. The molecule has 22 heavy (non-hydrogen) atoms. The highest BCUT2D eigenvalue weighted by molar-refractivity contribution is 6.33. The van der Waals surface area contributed by atoms with Gasteiger partial charge in [0.1, 0.15) is 7.11 Å². The number of para-hydroxylation sites is 2. The van der Waals surface area contributed by atoms with Crippen molar-refractivity contribution in [1.29, 1.82) is 0 Å². The lowest BCUT2D eigenvalue weighted by Gasteiger charge is -2.06.